The van der Waals surface area contributed by atoms with E-state index in [0.717, 1.165) is 11.1 Å². The summed E-state index contributed by atoms with van der Waals surface area (Å²) < 4.78 is 16.3. The molecule has 0 aliphatic heterocycles. The Hall–Kier alpha value is -3.78. The van der Waals surface area contributed by atoms with Crippen LogP contribution in [0.1, 0.15) is 33.9 Å². The van der Waals surface area contributed by atoms with Gasteiger partial charge in [-0.3, -0.25) is 14.3 Å². The van der Waals surface area contributed by atoms with Gasteiger partial charge in [-0.1, -0.05) is 29.8 Å². The van der Waals surface area contributed by atoms with E-state index in [1.54, 1.807) is 48.3 Å². The lowest BCUT2D eigenvalue weighted by atomic mass is 10.1. The molecule has 7 nitrogen and oxygen atoms in total. The van der Waals surface area contributed by atoms with Crippen LogP contribution in [0.3, 0.4) is 0 Å². The van der Waals surface area contributed by atoms with Crippen molar-refractivity contribution in [3.05, 3.63) is 98.8 Å². The highest BCUT2D eigenvalue weighted by molar-refractivity contribution is 6.30. The van der Waals surface area contributed by atoms with Gasteiger partial charge in [-0.25, -0.2) is 4.39 Å². The predicted molar refractivity (Wildman–Crippen MR) is 122 cm³/mol. The Morgan fingerprint density at radius 1 is 1.18 bits per heavy atom. The Morgan fingerprint density at radius 2 is 1.97 bits per heavy atom. The average Bonchev–Trinajstić information content (AvgIpc) is 3.40. The molecule has 1 N–H and O–H groups in total. The van der Waals surface area contributed by atoms with Crippen LogP contribution in [-0.4, -0.2) is 25.5 Å². The summed E-state index contributed by atoms with van der Waals surface area (Å²) in [6.45, 7) is 0. The summed E-state index contributed by atoms with van der Waals surface area (Å²) >= 11 is 6.01. The minimum Gasteiger partial charge on any atom is -0.345 e. The molecule has 9 heteroatoms. The second kappa shape index (κ2) is 8.29. The van der Waals surface area contributed by atoms with Crippen LogP contribution in [0.5, 0.6) is 0 Å². The molecule has 166 valence electrons. The van der Waals surface area contributed by atoms with E-state index in [1.807, 2.05) is 0 Å². The highest BCUT2D eigenvalue weighted by Crippen LogP contribution is 2.31. The number of halogens is 2. The zero-order valence-corrected chi connectivity index (χ0v) is 18.4. The lowest BCUT2D eigenvalue weighted by Crippen LogP contribution is -2.35. The number of carbonyl (C=O) groups is 1. The SMILES string of the molecule is Cn1cc(-n2nc(-c3ccc(Cl)cc3)cc(C(=O)N[C@H]3CCc4cc(F)ccc43)c2=O)cn1. The van der Waals surface area contributed by atoms with Crippen molar-refractivity contribution in [1.29, 1.82) is 0 Å². The maximum absolute atomic E-state index is 13.6. The van der Waals surface area contributed by atoms with Crippen LogP contribution >= 0.6 is 11.6 Å². The molecule has 0 bridgehead atoms. The highest BCUT2D eigenvalue weighted by Gasteiger charge is 2.26. The van der Waals surface area contributed by atoms with Crippen LogP contribution in [0.2, 0.25) is 5.02 Å². The average molecular weight is 464 g/mol. The van der Waals surface area contributed by atoms with Crippen LogP contribution in [-0.2, 0) is 13.5 Å². The zero-order valence-electron chi connectivity index (χ0n) is 17.6. The lowest BCUT2D eigenvalue weighted by Gasteiger charge is -2.15. The summed E-state index contributed by atoms with van der Waals surface area (Å²) in [6, 6.07) is 12.7. The van der Waals surface area contributed by atoms with Gasteiger partial charge in [0.05, 0.1) is 24.1 Å². The first-order valence-corrected chi connectivity index (χ1v) is 10.8. The van der Waals surface area contributed by atoms with Gasteiger partial charge in [0, 0.05) is 17.6 Å². The standard InChI is InChI=1S/C24H19ClFN5O2/c1-30-13-18(12-27-30)31-24(33)20(11-22(29-31)14-2-5-16(25)6-3-14)23(32)28-21-9-4-15-10-17(26)7-8-19(15)21/h2-3,5-8,10-13,21H,4,9H2,1H3,(H,28,32)/t21-/m0/s1. The van der Waals surface area contributed by atoms with Gasteiger partial charge in [-0.2, -0.15) is 14.9 Å². The molecule has 0 fully saturated rings. The second-order valence-electron chi connectivity index (χ2n) is 7.95. The third-order valence-electron chi connectivity index (χ3n) is 5.72. The maximum Gasteiger partial charge on any atom is 0.284 e. The fourth-order valence-electron chi connectivity index (χ4n) is 4.08. The fourth-order valence-corrected chi connectivity index (χ4v) is 4.21. The molecule has 2 aromatic carbocycles. The molecule has 0 spiro atoms. The third kappa shape index (κ3) is 4.05. The summed E-state index contributed by atoms with van der Waals surface area (Å²) in [5.41, 5.74) is 2.70. The molecule has 0 radical (unpaired) electrons. The number of nitrogens with zero attached hydrogens (tertiary/aromatic N) is 4. The molecule has 2 heterocycles. The molecule has 1 aliphatic rings. The summed E-state index contributed by atoms with van der Waals surface area (Å²) in [7, 11) is 1.73. The van der Waals surface area contributed by atoms with E-state index in [2.05, 4.69) is 15.5 Å². The zero-order chi connectivity index (χ0) is 23.1. The van der Waals surface area contributed by atoms with Crippen molar-refractivity contribution < 1.29 is 9.18 Å². The Bertz CT molecular complexity index is 1430. The van der Waals surface area contributed by atoms with Crippen LogP contribution in [0.4, 0.5) is 4.39 Å². The van der Waals surface area contributed by atoms with Gasteiger partial charge in [-0.05, 0) is 54.3 Å². The lowest BCUT2D eigenvalue weighted by molar-refractivity contribution is 0.0934. The van der Waals surface area contributed by atoms with Gasteiger partial charge < -0.3 is 5.32 Å². The van der Waals surface area contributed by atoms with Crippen LogP contribution < -0.4 is 10.9 Å². The second-order valence-corrected chi connectivity index (χ2v) is 8.38. The first kappa shape index (κ1) is 21.1. The number of fused-ring (bicyclic) bond motifs is 1. The van der Waals surface area contributed by atoms with E-state index in [1.165, 1.54) is 29.1 Å². The molecule has 1 aliphatic carbocycles. The molecule has 0 saturated heterocycles. The molecule has 4 aromatic rings. The van der Waals surface area contributed by atoms with Gasteiger partial charge in [-0.15, -0.1) is 0 Å². The van der Waals surface area contributed by atoms with Crippen molar-refractivity contribution in [3.8, 4) is 16.9 Å². The first-order valence-electron chi connectivity index (χ1n) is 10.4. The number of amides is 1. The van der Waals surface area contributed by atoms with E-state index in [4.69, 9.17) is 11.6 Å². The van der Waals surface area contributed by atoms with Crippen molar-refractivity contribution in [3.63, 3.8) is 0 Å². The summed E-state index contributed by atoms with van der Waals surface area (Å²) in [5, 5.41) is 12.1. The highest BCUT2D eigenvalue weighted by atomic mass is 35.5. The molecule has 0 saturated carbocycles. The maximum atomic E-state index is 13.6. The predicted octanol–water partition coefficient (Wildman–Crippen LogP) is 3.84. The molecule has 0 unspecified atom stereocenters. The largest absolute Gasteiger partial charge is 0.345 e. The van der Waals surface area contributed by atoms with Crippen LogP contribution in [0.25, 0.3) is 16.9 Å². The van der Waals surface area contributed by atoms with E-state index >= 15 is 0 Å². The molecule has 1 amide bonds. The number of hydrogen-bond donors (Lipinski definition) is 1. The van der Waals surface area contributed by atoms with E-state index in [0.29, 0.717) is 34.8 Å². The Balaban J connectivity index is 1.56. The van der Waals surface area contributed by atoms with Gasteiger partial charge in [0.1, 0.15) is 17.1 Å². The number of hydrogen-bond acceptors (Lipinski definition) is 4. The summed E-state index contributed by atoms with van der Waals surface area (Å²) in [5.74, 6) is -0.820. The fraction of sp³-hybridized carbons (Fsp3) is 0.167. The number of carbonyl (C=O) groups excluding carboxylic acids is 1. The summed E-state index contributed by atoms with van der Waals surface area (Å²) in [4.78, 5) is 26.5. The van der Waals surface area contributed by atoms with Gasteiger partial charge in [0.2, 0.25) is 0 Å². The number of benzene rings is 2. The van der Waals surface area contributed by atoms with E-state index in [9.17, 15) is 14.0 Å². The van der Waals surface area contributed by atoms with Crippen LogP contribution in [0, 0.1) is 5.82 Å². The van der Waals surface area contributed by atoms with Crippen molar-refractivity contribution in [2.24, 2.45) is 7.05 Å². The van der Waals surface area contributed by atoms with Crippen LogP contribution in [0.15, 0.2) is 65.7 Å². The van der Waals surface area contributed by atoms with E-state index < -0.39 is 11.5 Å². The van der Waals surface area contributed by atoms with Gasteiger partial charge >= 0.3 is 0 Å². The van der Waals surface area contributed by atoms with Crippen molar-refractivity contribution in [2.75, 3.05) is 0 Å². The minimum atomic E-state index is -0.560. The molecular formula is C24H19ClFN5O2. The summed E-state index contributed by atoms with van der Waals surface area (Å²) in [6.07, 6.45) is 4.44. The van der Waals surface area contributed by atoms with Crippen molar-refractivity contribution in [2.45, 2.75) is 18.9 Å². The Morgan fingerprint density at radius 3 is 2.70 bits per heavy atom. The number of nitrogens with one attached hydrogen (secondary N) is 1. The molecule has 1 atom stereocenters. The molecular weight excluding hydrogens is 445 g/mol. The van der Waals surface area contributed by atoms with Crippen molar-refractivity contribution in [1.82, 2.24) is 24.9 Å². The number of aryl methyl sites for hydroxylation is 2. The molecule has 33 heavy (non-hydrogen) atoms. The van der Waals surface area contributed by atoms with Gasteiger partial charge in [0.15, 0.2) is 0 Å². The van der Waals surface area contributed by atoms with Crippen molar-refractivity contribution >= 4 is 17.5 Å². The monoisotopic (exact) mass is 463 g/mol. The quantitative estimate of drug-likeness (QED) is 0.498. The topological polar surface area (TPSA) is 81.8 Å². The smallest absolute Gasteiger partial charge is 0.284 e. The first-order chi connectivity index (χ1) is 15.9. The third-order valence-corrected chi connectivity index (χ3v) is 5.97. The normalized spacial score (nSPS) is 14.8. The van der Waals surface area contributed by atoms with E-state index in [-0.39, 0.29) is 17.4 Å². The Kier molecular flexibility index (Phi) is 5.30. The Labute approximate surface area is 193 Å². The molecule has 5 rings (SSSR count). The number of rotatable bonds is 4. The molecule has 2 aromatic heterocycles. The minimum absolute atomic E-state index is 0.0469. The number of aromatic nitrogens is 4. The van der Waals surface area contributed by atoms with Gasteiger partial charge in [0.25, 0.3) is 11.5 Å².